The molecule has 5 nitrogen and oxygen atoms in total. The van der Waals surface area contributed by atoms with Crippen molar-refractivity contribution in [1.29, 1.82) is 0 Å². The SMILES string of the molecule is Cc1cc(O)cc2oc(=O)c(C(=O)CCNC3CCCCC3)cc12. The smallest absolute Gasteiger partial charge is 0.347 e. The van der Waals surface area contributed by atoms with Crippen molar-refractivity contribution in [1.82, 2.24) is 5.32 Å². The van der Waals surface area contributed by atoms with Gasteiger partial charge in [-0.05, 0) is 37.5 Å². The lowest BCUT2D eigenvalue weighted by atomic mass is 9.95. The number of fused-ring (bicyclic) bond motifs is 1. The number of benzene rings is 1. The van der Waals surface area contributed by atoms with Gasteiger partial charge in [-0.1, -0.05) is 19.3 Å². The van der Waals surface area contributed by atoms with Crippen LogP contribution in [0.25, 0.3) is 11.0 Å². The zero-order valence-corrected chi connectivity index (χ0v) is 13.9. The van der Waals surface area contributed by atoms with Crippen molar-refractivity contribution in [2.45, 2.75) is 51.5 Å². The van der Waals surface area contributed by atoms with Crippen LogP contribution in [-0.4, -0.2) is 23.5 Å². The van der Waals surface area contributed by atoms with Gasteiger partial charge in [0.25, 0.3) is 0 Å². The Morgan fingerprint density at radius 1 is 1.25 bits per heavy atom. The number of aromatic hydroxyl groups is 1. The zero-order valence-electron chi connectivity index (χ0n) is 13.9. The molecule has 0 spiro atoms. The number of phenols is 1. The number of ketones is 1. The van der Waals surface area contributed by atoms with Crippen LogP contribution in [0.5, 0.6) is 5.75 Å². The average Bonchev–Trinajstić information content (AvgIpc) is 2.55. The first kappa shape index (κ1) is 16.7. The molecule has 2 aromatic rings. The fourth-order valence-corrected chi connectivity index (χ4v) is 3.40. The van der Waals surface area contributed by atoms with E-state index in [1.54, 1.807) is 19.1 Å². The van der Waals surface area contributed by atoms with Crippen LogP contribution in [0.2, 0.25) is 0 Å². The standard InChI is InChI=1S/C19H23NO4/c1-12-9-14(21)10-18-15(12)11-16(19(23)24-18)17(22)7-8-20-13-5-3-2-4-6-13/h9-11,13,20-21H,2-8H2,1H3. The second kappa shape index (κ2) is 7.18. The van der Waals surface area contributed by atoms with Gasteiger partial charge in [-0.25, -0.2) is 4.79 Å². The summed E-state index contributed by atoms with van der Waals surface area (Å²) >= 11 is 0. The molecular weight excluding hydrogens is 306 g/mol. The molecule has 24 heavy (non-hydrogen) atoms. The van der Waals surface area contributed by atoms with Crippen molar-refractivity contribution >= 4 is 16.8 Å². The number of carbonyl (C=O) groups excluding carboxylic acids is 1. The van der Waals surface area contributed by atoms with E-state index < -0.39 is 5.63 Å². The van der Waals surface area contributed by atoms with Crippen LogP contribution in [-0.2, 0) is 0 Å². The minimum absolute atomic E-state index is 0.0407. The van der Waals surface area contributed by atoms with Gasteiger partial charge in [-0.15, -0.1) is 0 Å². The molecule has 1 aromatic heterocycles. The molecule has 0 amide bonds. The van der Waals surface area contributed by atoms with Gasteiger partial charge in [0.2, 0.25) is 0 Å². The number of nitrogens with one attached hydrogen (secondary N) is 1. The molecule has 1 heterocycles. The summed E-state index contributed by atoms with van der Waals surface area (Å²) in [6.07, 6.45) is 6.38. The average molecular weight is 329 g/mol. The number of aryl methyl sites for hydroxylation is 1. The Hall–Kier alpha value is -2.14. The molecule has 1 aliphatic carbocycles. The lowest BCUT2D eigenvalue weighted by molar-refractivity contribution is 0.0977. The van der Waals surface area contributed by atoms with Crippen LogP contribution < -0.4 is 10.9 Å². The van der Waals surface area contributed by atoms with E-state index >= 15 is 0 Å². The maximum absolute atomic E-state index is 12.4. The highest BCUT2D eigenvalue weighted by atomic mass is 16.4. The van der Waals surface area contributed by atoms with E-state index in [4.69, 9.17) is 4.42 Å². The molecule has 1 aliphatic rings. The summed E-state index contributed by atoms with van der Waals surface area (Å²) in [6, 6.07) is 5.05. The van der Waals surface area contributed by atoms with Gasteiger partial charge < -0.3 is 14.8 Å². The van der Waals surface area contributed by atoms with Gasteiger partial charge in [0.05, 0.1) is 0 Å². The van der Waals surface area contributed by atoms with E-state index in [0.717, 1.165) is 18.4 Å². The number of carbonyl (C=O) groups is 1. The second-order valence-electron chi connectivity index (χ2n) is 6.58. The highest BCUT2D eigenvalue weighted by molar-refractivity contribution is 5.98. The molecule has 1 aromatic carbocycles. The van der Waals surface area contributed by atoms with Gasteiger partial charge in [0.1, 0.15) is 16.9 Å². The molecule has 0 saturated heterocycles. The summed E-state index contributed by atoms with van der Waals surface area (Å²) in [5, 5.41) is 13.7. The van der Waals surface area contributed by atoms with Gasteiger partial charge in [0.15, 0.2) is 5.78 Å². The monoisotopic (exact) mass is 329 g/mol. The number of hydrogen-bond donors (Lipinski definition) is 2. The van der Waals surface area contributed by atoms with Crippen LogP contribution in [0.4, 0.5) is 0 Å². The predicted octanol–water partition coefficient (Wildman–Crippen LogP) is 3.30. The summed E-state index contributed by atoms with van der Waals surface area (Å²) in [5.74, 6) is -0.166. The largest absolute Gasteiger partial charge is 0.508 e. The molecule has 3 rings (SSSR count). The maximum Gasteiger partial charge on any atom is 0.347 e. The van der Waals surface area contributed by atoms with Crippen LogP contribution in [0, 0.1) is 6.92 Å². The fourth-order valence-electron chi connectivity index (χ4n) is 3.40. The minimum atomic E-state index is -0.643. The van der Waals surface area contributed by atoms with E-state index in [9.17, 15) is 14.7 Å². The number of rotatable bonds is 5. The van der Waals surface area contributed by atoms with Crippen molar-refractivity contribution in [2.75, 3.05) is 6.54 Å². The first-order valence-corrected chi connectivity index (χ1v) is 8.58. The Labute approximate surface area is 140 Å². The maximum atomic E-state index is 12.4. The van der Waals surface area contributed by atoms with Crippen molar-refractivity contribution in [3.63, 3.8) is 0 Å². The summed E-state index contributed by atoms with van der Waals surface area (Å²) in [4.78, 5) is 24.5. The molecule has 1 fully saturated rings. The Morgan fingerprint density at radius 3 is 2.75 bits per heavy atom. The molecule has 0 atom stereocenters. The van der Waals surface area contributed by atoms with Crippen LogP contribution in [0.3, 0.4) is 0 Å². The van der Waals surface area contributed by atoms with Gasteiger partial charge in [-0.2, -0.15) is 0 Å². The molecule has 1 saturated carbocycles. The van der Waals surface area contributed by atoms with E-state index in [2.05, 4.69) is 5.32 Å². The van der Waals surface area contributed by atoms with Gasteiger partial charge in [-0.3, -0.25) is 4.79 Å². The molecular formula is C19H23NO4. The summed E-state index contributed by atoms with van der Waals surface area (Å²) in [7, 11) is 0. The molecule has 128 valence electrons. The third-order valence-electron chi connectivity index (χ3n) is 4.74. The molecule has 0 radical (unpaired) electrons. The third-order valence-corrected chi connectivity index (χ3v) is 4.74. The number of Topliss-reactive ketones (excluding diaryl/α,β-unsaturated/α-hetero) is 1. The number of phenolic OH excluding ortho intramolecular Hbond substituents is 1. The summed E-state index contributed by atoms with van der Waals surface area (Å²) in [5.41, 5.74) is 0.509. The van der Waals surface area contributed by atoms with Gasteiger partial charge >= 0.3 is 5.63 Å². The summed E-state index contributed by atoms with van der Waals surface area (Å²) in [6.45, 7) is 2.39. The molecule has 5 heteroatoms. The highest BCUT2D eigenvalue weighted by Gasteiger charge is 2.17. The van der Waals surface area contributed by atoms with Crippen LogP contribution in [0.1, 0.15) is 54.4 Å². The Kier molecular flexibility index (Phi) is 5.00. The third kappa shape index (κ3) is 3.67. The van der Waals surface area contributed by atoms with Crippen LogP contribution >= 0.6 is 0 Å². The molecule has 2 N–H and O–H groups in total. The van der Waals surface area contributed by atoms with E-state index in [-0.39, 0.29) is 23.5 Å². The van der Waals surface area contributed by atoms with Gasteiger partial charge in [0, 0.05) is 30.5 Å². The lowest BCUT2D eigenvalue weighted by Gasteiger charge is -2.22. The fraction of sp³-hybridized carbons (Fsp3) is 0.474. The quantitative estimate of drug-likeness (QED) is 0.650. The normalized spacial score (nSPS) is 15.7. The van der Waals surface area contributed by atoms with Crippen molar-refractivity contribution < 1.29 is 14.3 Å². The van der Waals surface area contributed by atoms with E-state index in [1.165, 1.54) is 25.3 Å². The minimum Gasteiger partial charge on any atom is -0.508 e. The topological polar surface area (TPSA) is 79.5 Å². The molecule has 0 unspecified atom stereocenters. The van der Waals surface area contributed by atoms with Crippen LogP contribution in [0.15, 0.2) is 27.4 Å². The van der Waals surface area contributed by atoms with E-state index in [1.807, 2.05) is 0 Å². The Bertz CT molecular complexity index is 803. The highest BCUT2D eigenvalue weighted by Crippen LogP contribution is 2.24. The lowest BCUT2D eigenvalue weighted by Crippen LogP contribution is -2.33. The Balaban J connectivity index is 1.72. The number of hydrogen-bond acceptors (Lipinski definition) is 5. The van der Waals surface area contributed by atoms with Crippen molar-refractivity contribution in [2.24, 2.45) is 0 Å². The van der Waals surface area contributed by atoms with Crippen molar-refractivity contribution in [3.8, 4) is 5.75 Å². The first-order chi connectivity index (χ1) is 11.5. The van der Waals surface area contributed by atoms with Crippen molar-refractivity contribution in [3.05, 3.63) is 39.7 Å². The zero-order chi connectivity index (χ0) is 17.1. The molecule has 0 aliphatic heterocycles. The first-order valence-electron chi connectivity index (χ1n) is 8.58. The van der Waals surface area contributed by atoms with E-state index in [0.29, 0.717) is 23.6 Å². The molecule has 0 bridgehead atoms. The summed E-state index contributed by atoms with van der Waals surface area (Å²) < 4.78 is 5.22. The second-order valence-corrected chi connectivity index (χ2v) is 6.58. The predicted molar refractivity (Wildman–Crippen MR) is 92.7 cm³/mol. The Morgan fingerprint density at radius 2 is 2.00 bits per heavy atom.